The van der Waals surface area contributed by atoms with Crippen molar-refractivity contribution in [2.24, 2.45) is 0 Å². The van der Waals surface area contributed by atoms with Crippen molar-refractivity contribution in [2.75, 3.05) is 11.5 Å². The van der Waals surface area contributed by atoms with E-state index in [0.717, 1.165) is 10.2 Å². The maximum atomic E-state index is 6.30. The summed E-state index contributed by atoms with van der Waals surface area (Å²) < 4.78 is 1.16. The fourth-order valence-corrected chi connectivity index (χ4v) is 5.28. The molecule has 3 rings (SSSR count). The van der Waals surface area contributed by atoms with Gasteiger partial charge in [-0.15, -0.1) is 0 Å². The van der Waals surface area contributed by atoms with Crippen LogP contribution in [0.2, 0.25) is 0 Å². The van der Waals surface area contributed by atoms with E-state index in [0.29, 0.717) is 5.69 Å². The summed E-state index contributed by atoms with van der Waals surface area (Å²) in [6, 6.07) is 11.0. The van der Waals surface area contributed by atoms with Gasteiger partial charge < -0.3 is 11.5 Å². The van der Waals surface area contributed by atoms with Crippen molar-refractivity contribution in [3.8, 4) is 11.1 Å². The van der Waals surface area contributed by atoms with E-state index in [1.165, 1.54) is 86.5 Å². The first-order chi connectivity index (χ1) is 13.5. The number of unbranched alkanes of at least 4 members (excludes halogenated alkanes) is 6. The van der Waals surface area contributed by atoms with Gasteiger partial charge in [-0.3, -0.25) is 0 Å². The van der Waals surface area contributed by atoms with Gasteiger partial charge in [-0.25, -0.2) is 0 Å². The first-order valence-electron chi connectivity index (χ1n) is 11.0. The molecule has 0 radical (unpaired) electrons. The molecule has 2 aromatic carbocycles. The van der Waals surface area contributed by atoms with Gasteiger partial charge in [0.05, 0.1) is 11.4 Å². The highest BCUT2D eigenvalue weighted by atomic mass is 79.9. The van der Waals surface area contributed by atoms with Crippen molar-refractivity contribution >= 4 is 27.3 Å². The molecule has 0 saturated heterocycles. The predicted octanol–water partition coefficient (Wildman–Crippen LogP) is 7.82. The summed E-state index contributed by atoms with van der Waals surface area (Å²) in [7, 11) is 0. The Morgan fingerprint density at radius 1 is 0.714 bits per heavy atom. The lowest BCUT2D eigenvalue weighted by molar-refractivity contribution is 0.401. The Bertz CT molecular complexity index is 800. The molecule has 0 spiro atoms. The van der Waals surface area contributed by atoms with E-state index in [4.69, 9.17) is 11.5 Å². The predicted molar refractivity (Wildman–Crippen MR) is 127 cm³/mol. The lowest BCUT2D eigenvalue weighted by Gasteiger charge is -2.33. The van der Waals surface area contributed by atoms with Crippen LogP contribution in [-0.4, -0.2) is 0 Å². The molecular formula is C25H35BrN2. The molecule has 1 aliphatic rings. The standard InChI is InChI=1S/C25H35BrN2/c1-3-5-7-9-13-25(14-10-8-6-4-2)21-15-18(26)11-12-19(21)20-16-23(27)24(28)17-22(20)25/h11-12,15-17H,3-10,13-14,27-28H2,1-2H3. The summed E-state index contributed by atoms with van der Waals surface area (Å²) in [6.07, 6.45) is 12.7. The Kier molecular flexibility index (Phi) is 7.09. The number of hydrogen-bond donors (Lipinski definition) is 2. The van der Waals surface area contributed by atoms with Crippen LogP contribution in [0.4, 0.5) is 11.4 Å². The maximum Gasteiger partial charge on any atom is 0.0554 e. The van der Waals surface area contributed by atoms with Gasteiger partial charge in [0, 0.05) is 9.89 Å². The van der Waals surface area contributed by atoms with Crippen LogP contribution in [0, 0.1) is 0 Å². The van der Waals surface area contributed by atoms with Gasteiger partial charge in [-0.05, 0) is 59.4 Å². The van der Waals surface area contributed by atoms with Crippen molar-refractivity contribution in [3.05, 3.63) is 45.9 Å². The van der Waals surface area contributed by atoms with E-state index in [9.17, 15) is 0 Å². The molecule has 0 saturated carbocycles. The number of benzene rings is 2. The third-order valence-corrected chi connectivity index (χ3v) is 6.93. The van der Waals surface area contributed by atoms with Crippen molar-refractivity contribution in [1.82, 2.24) is 0 Å². The summed E-state index contributed by atoms with van der Waals surface area (Å²) >= 11 is 3.73. The molecule has 2 aromatic rings. The molecule has 1 aliphatic carbocycles. The molecule has 0 atom stereocenters. The Hall–Kier alpha value is -1.48. The van der Waals surface area contributed by atoms with E-state index < -0.39 is 0 Å². The van der Waals surface area contributed by atoms with Gasteiger partial charge in [0.2, 0.25) is 0 Å². The fourth-order valence-electron chi connectivity index (χ4n) is 4.92. The van der Waals surface area contributed by atoms with Gasteiger partial charge in [0.1, 0.15) is 0 Å². The monoisotopic (exact) mass is 442 g/mol. The van der Waals surface area contributed by atoms with Gasteiger partial charge >= 0.3 is 0 Å². The van der Waals surface area contributed by atoms with E-state index >= 15 is 0 Å². The number of halogens is 1. The highest BCUT2D eigenvalue weighted by molar-refractivity contribution is 9.10. The van der Waals surface area contributed by atoms with Gasteiger partial charge in [-0.1, -0.05) is 87.2 Å². The molecule has 0 aromatic heterocycles. The largest absolute Gasteiger partial charge is 0.397 e. The zero-order valence-electron chi connectivity index (χ0n) is 17.5. The van der Waals surface area contributed by atoms with Crippen LogP contribution in [0.5, 0.6) is 0 Å². The van der Waals surface area contributed by atoms with Crippen LogP contribution in [0.3, 0.4) is 0 Å². The molecule has 0 fully saturated rings. The average Bonchev–Trinajstić information content (AvgIpc) is 2.92. The minimum absolute atomic E-state index is 0.0672. The number of nitrogen functional groups attached to an aromatic ring is 2. The van der Waals surface area contributed by atoms with Gasteiger partial charge in [0.15, 0.2) is 0 Å². The summed E-state index contributed by atoms with van der Waals surface area (Å²) in [5.74, 6) is 0. The van der Waals surface area contributed by atoms with E-state index in [1.807, 2.05) is 0 Å². The molecule has 0 bridgehead atoms. The zero-order valence-corrected chi connectivity index (χ0v) is 19.1. The van der Waals surface area contributed by atoms with Crippen LogP contribution in [0.25, 0.3) is 11.1 Å². The smallest absolute Gasteiger partial charge is 0.0554 e. The minimum Gasteiger partial charge on any atom is -0.397 e. The van der Waals surface area contributed by atoms with Gasteiger partial charge in [0.25, 0.3) is 0 Å². The zero-order chi connectivity index (χ0) is 20.1. The summed E-state index contributed by atoms with van der Waals surface area (Å²) in [5.41, 5.74) is 19.5. The molecule has 28 heavy (non-hydrogen) atoms. The molecule has 0 aliphatic heterocycles. The number of anilines is 2. The first-order valence-corrected chi connectivity index (χ1v) is 11.8. The van der Waals surface area contributed by atoms with Crippen molar-refractivity contribution in [1.29, 1.82) is 0 Å². The van der Waals surface area contributed by atoms with E-state index in [-0.39, 0.29) is 5.41 Å². The number of rotatable bonds is 10. The van der Waals surface area contributed by atoms with Crippen molar-refractivity contribution in [3.63, 3.8) is 0 Å². The van der Waals surface area contributed by atoms with Crippen LogP contribution in [0.15, 0.2) is 34.8 Å². The second kappa shape index (κ2) is 9.35. The Morgan fingerprint density at radius 2 is 1.29 bits per heavy atom. The third kappa shape index (κ3) is 4.10. The molecule has 2 nitrogen and oxygen atoms in total. The second-order valence-corrected chi connectivity index (χ2v) is 9.34. The van der Waals surface area contributed by atoms with Gasteiger partial charge in [-0.2, -0.15) is 0 Å². The van der Waals surface area contributed by atoms with Crippen LogP contribution in [0.1, 0.15) is 89.2 Å². The first kappa shape index (κ1) is 21.2. The molecule has 4 N–H and O–H groups in total. The lowest BCUT2D eigenvalue weighted by atomic mass is 9.70. The normalized spacial score (nSPS) is 14.1. The molecular weight excluding hydrogens is 408 g/mol. The van der Waals surface area contributed by atoms with Crippen LogP contribution < -0.4 is 11.5 Å². The van der Waals surface area contributed by atoms with Crippen LogP contribution >= 0.6 is 15.9 Å². The Balaban J connectivity index is 2.07. The summed E-state index contributed by atoms with van der Waals surface area (Å²) in [4.78, 5) is 0. The van der Waals surface area contributed by atoms with E-state index in [2.05, 4.69) is 60.1 Å². The SMILES string of the molecule is CCCCCCC1(CCCCCC)c2cc(Br)ccc2-c2cc(N)c(N)cc21. The highest BCUT2D eigenvalue weighted by Gasteiger charge is 2.42. The molecule has 0 heterocycles. The Labute approximate surface area is 179 Å². The maximum absolute atomic E-state index is 6.30. The quantitative estimate of drug-likeness (QED) is 0.290. The summed E-state index contributed by atoms with van der Waals surface area (Å²) in [6.45, 7) is 4.56. The lowest BCUT2D eigenvalue weighted by Crippen LogP contribution is -2.26. The van der Waals surface area contributed by atoms with E-state index in [1.54, 1.807) is 0 Å². The minimum atomic E-state index is 0.0672. The Morgan fingerprint density at radius 3 is 1.89 bits per heavy atom. The number of hydrogen-bond acceptors (Lipinski definition) is 2. The second-order valence-electron chi connectivity index (χ2n) is 8.42. The van der Waals surface area contributed by atoms with Crippen LogP contribution in [-0.2, 0) is 5.41 Å². The number of fused-ring (bicyclic) bond motifs is 3. The van der Waals surface area contributed by atoms with Crippen molar-refractivity contribution in [2.45, 2.75) is 83.5 Å². The summed E-state index contributed by atoms with van der Waals surface area (Å²) in [5, 5.41) is 0. The topological polar surface area (TPSA) is 52.0 Å². The fraction of sp³-hybridized carbons (Fsp3) is 0.520. The van der Waals surface area contributed by atoms with Crippen molar-refractivity contribution < 1.29 is 0 Å². The number of nitrogens with two attached hydrogens (primary N) is 2. The molecule has 0 amide bonds. The molecule has 152 valence electrons. The molecule has 0 unspecified atom stereocenters. The molecule has 3 heteroatoms. The highest BCUT2D eigenvalue weighted by Crippen LogP contribution is 2.55. The third-order valence-electron chi connectivity index (χ3n) is 6.44. The average molecular weight is 443 g/mol.